The standard InChI is InChI=1S/C21H29N3O2/c1-6-15(3)23-20(25)11-12-22-21(26)18-13-14(2)7-10-19(18)24-16(4)8-9-17(24)5/h7-10,13,15H,6,11-12H2,1-5H3,(H,22,26)(H,23,25). The second-order valence-corrected chi connectivity index (χ2v) is 6.85. The third-order valence-electron chi connectivity index (χ3n) is 4.57. The Morgan fingerprint density at radius 3 is 2.35 bits per heavy atom. The van der Waals surface area contributed by atoms with Crippen LogP contribution >= 0.6 is 0 Å². The number of aryl methyl sites for hydroxylation is 3. The normalized spacial score (nSPS) is 11.9. The Labute approximate surface area is 155 Å². The van der Waals surface area contributed by atoms with Crippen molar-refractivity contribution >= 4 is 11.8 Å². The molecule has 0 saturated carbocycles. The summed E-state index contributed by atoms with van der Waals surface area (Å²) < 4.78 is 2.07. The number of hydrogen-bond donors (Lipinski definition) is 2. The largest absolute Gasteiger partial charge is 0.354 e. The second-order valence-electron chi connectivity index (χ2n) is 6.85. The minimum Gasteiger partial charge on any atom is -0.354 e. The number of aromatic nitrogens is 1. The first-order valence-electron chi connectivity index (χ1n) is 9.17. The number of carbonyl (C=O) groups is 2. The minimum absolute atomic E-state index is 0.0405. The van der Waals surface area contributed by atoms with Crippen LogP contribution in [0.1, 0.15) is 54.0 Å². The third kappa shape index (κ3) is 4.75. The van der Waals surface area contributed by atoms with Gasteiger partial charge < -0.3 is 15.2 Å². The molecule has 2 aromatic rings. The van der Waals surface area contributed by atoms with E-state index in [1.807, 2.05) is 65.0 Å². The number of carbonyl (C=O) groups excluding carboxylic acids is 2. The van der Waals surface area contributed by atoms with Crippen LogP contribution in [0.2, 0.25) is 0 Å². The molecule has 0 spiro atoms. The number of nitrogens with one attached hydrogen (secondary N) is 2. The van der Waals surface area contributed by atoms with Crippen LogP contribution in [0.3, 0.4) is 0 Å². The molecule has 26 heavy (non-hydrogen) atoms. The summed E-state index contributed by atoms with van der Waals surface area (Å²) in [5.41, 5.74) is 4.66. The van der Waals surface area contributed by atoms with Crippen LogP contribution in [-0.2, 0) is 4.79 Å². The first kappa shape index (κ1) is 19.8. The number of rotatable bonds is 7. The first-order chi connectivity index (χ1) is 12.3. The lowest BCUT2D eigenvalue weighted by Crippen LogP contribution is -2.35. The van der Waals surface area contributed by atoms with Crippen molar-refractivity contribution in [1.82, 2.24) is 15.2 Å². The van der Waals surface area contributed by atoms with E-state index in [2.05, 4.69) is 15.2 Å². The van der Waals surface area contributed by atoms with Gasteiger partial charge in [-0.1, -0.05) is 18.6 Å². The molecular formula is C21H29N3O2. The van der Waals surface area contributed by atoms with E-state index in [0.717, 1.165) is 29.1 Å². The zero-order valence-corrected chi connectivity index (χ0v) is 16.3. The van der Waals surface area contributed by atoms with Gasteiger partial charge in [0.1, 0.15) is 0 Å². The Hall–Kier alpha value is -2.56. The SMILES string of the molecule is CCC(C)NC(=O)CCNC(=O)c1cc(C)ccc1-n1c(C)ccc1C. The van der Waals surface area contributed by atoms with Crippen molar-refractivity contribution in [2.45, 2.75) is 53.5 Å². The Bertz CT molecular complexity index is 773. The zero-order chi connectivity index (χ0) is 19.3. The molecular weight excluding hydrogens is 326 g/mol. The van der Waals surface area contributed by atoms with E-state index in [1.165, 1.54) is 0 Å². The van der Waals surface area contributed by atoms with Gasteiger partial charge in [-0.15, -0.1) is 0 Å². The molecule has 1 unspecified atom stereocenters. The molecule has 0 saturated heterocycles. The summed E-state index contributed by atoms with van der Waals surface area (Å²) in [6, 6.07) is 10.1. The number of hydrogen-bond acceptors (Lipinski definition) is 2. The molecule has 0 bridgehead atoms. The summed E-state index contributed by atoms with van der Waals surface area (Å²) in [5.74, 6) is -0.200. The molecule has 1 atom stereocenters. The highest BCUT2D eigenvalue weighted by Gasteiger charge is 2.16. The van der Waals surface area contributed by atoms with Gasteiger partial charge in [-0.3, -0.25) is 9.59 Å². The first-order valence-corrected chi connectivity index (χ1v) is 9.17. The predicted octanol–water partition coefficient (Wildman–Crippen LogP) is 3.44. The highest BCUT2D eigenvalue weighted by atomic mass is 16.2. The molecule has 0 aliphatic carbocycles. The maximum Gasteiger partial charge on any atom is 0.253 e. The molecule has 0 radical (unpaired) electrons. The van der Waals surface area contributed by atoms with Gasteiger partial charge >= 0.3 is 0 Å². The molecule has 5 heteroatoms. The molecule has 0 aliphatic rings. The predicted molar refractivity (Wildman–Crippen MR) is 105 cm³/mol. The molecule has 0 fully saturated rings. The lowest BCUT2D eigenvalue weighted by atomic mass is 10.1. The van der Waals surface area contributed by atoms with Gasteiger partial charge in [0.2, 0.25) is 5.91 Å². The van der Waals surface area contributed by atoms with Crippen molar-refractivity contribution in [3.63, 3.8) is 0 Å². The average Bonchev–Trinajstić information content (AvgIpc) is 2.93. The quantitative estimate of drug-likeness (QED) is 0.799. The Kier molecular flexibility index (Phi) is 6.61. The smallest absolute Gasteiger partial charge is 0.253 e. The second kappa shape index (κ2) is 8.70. The van der Waals surface area contributed by atoms with E-state index in [-0.39, 0.29) is 24.3 Å². The van der Waals surface area contributed by atoms with Crippen LogP contribution in [0.15, 0.2) is 30.3 Å². The highest BCUT2D eigenvalue weighted by molar-refractivity contribution is 5.98. The van der Waals surface area contributed by atoms with Gasteiger partial charge in [0.05, 0.1) is 11.3 Å². The molecule has 1 aromatic carbocycles. The van der Waals surface area contributed by atoms with Gasteiger partial charge in [-0.2, -0.15) is 0 Å². The van der Waals surface area contributed by atoms with E-state index >= 15 is 0 Å². The van der Waals surface area contributed by atoms with Gasteiger partial charge in [-0.25, -0.2) is 0 Å². The van der Waals surface area contributed by atoms with Gasteiger partial charge in [0.15, 0.2) is 0 Å². The molecule has 0 aliphatic heterocycles. The van der Waals surface area contributed by atoms with Gasteiger partial charge in [-0.05, 0) is 58.4 Å². The Morgan fingerprint density at radius 2 is 1.73 bits per heavy atom. The minimum atomic E-state index is -0.160. The third-order valence-corrected chi connectivity index (χ3v) is 4.57. The number of nitrogens with zero attached hydrogens (tertiary/aromatic N) is 1. The zero-order valence-electron chi connectivity index (χ0n) is 16.3. The topological polar surface area (TPSA) is 63.1 Å². The Morgan fingerprint density at radius 1 is 1.08 bits per heavy atom. The summed E-state index contributed by atoms with van der Waals surface area (Å²) in [5, 5.41) is 5.78. The van der Waals surface area contributed by atoms with E-state index in [1.54, 1.807) is 0 Å². The molecule has 2 rings (SSSR count). The van der Waals surface area contributed by atoms with Crippen LogP contribution in [0.25, 0.3) is 5.69 Å². The molecule has 5 nitrogen and oxygen atoms in total. The lowest BCUT2D eigenvalue weighted by molar-refractivity contribution is -0.121. The van der Waals surface area contributed by atoms with E-state index < -0.39 is 0 Å². The van der Waals surface area contributed by atoms with Gasteiger partial charge in [0.25, 0.3) is 5.91 Å². The molecule has 1 heterocycles. The average molecular weight is 355 g/mol. The molecule has 2 N–H and O–H groups in total. The fourth-order valence-corrected chi connectivity index (χ4v) is 2.91. The van der Waals surface area contributed by atoms with E-state index in [9.17, 15) is 9.59 Å². The Balaban J connectivity index is 2.12. The van der Waals surface area contributed by atoms with Crippen molar-refractivity contribution in [3.8, 4) is 5.69 Å². The molecule has 140 valence electrons. The van der Waals surface area contributed by atoms with Crippen LogP contribution in [0.4, 0.5) is 0 Å². The molecule has 2 amide bonds. The van der Waals surface area contributed by atoms with Crippen LogP contribution in [-0.4, -0.2) is 29.0 Å². The van der Waals surface area contributed by atoms with Crippen LogP contribution in [0, 0.1) is 20.8 Å². The molecule has 1 aromatic heterocycles. The number of benzene rings is 1. The highest BCUT2D eigenvalue weighted by Crippen LogP contribution is 2.21. The summed E-state index contributed by atoms with van der Waals surface area (Å²) in [6.07, 6.45) is 1.17. The van der Waals surface area contributed by atoms with Crippen molar-refractivity contribution in [2.75, 3.05) is 6.54 Å². The maximum absolute atomic E-state index is 12.7. The monoisotopic (exact) mass is 355 g/mol. The summed E-state index contributed by atoms with van der Waals surface area (Å²) >= 11 is 0. The summed E-state index contributed by atoms with van der Waals surface area (Å²) in [6.45, 7) is 10.3. The summed E-state index contributed by atoms with van der Waals surface area (Å²) in [4.78, 5) is 24.6. The van der Waals surface area contributed by atoms with Crippen molar-refractivity contribution in [3.05, 3.63) is 52.8 Å². The van der Waals surface area contributed by atoms with Crippen molar-refractivity contribution in [2.24, 2.45) is 0 Å². The lowest BCUT2D eigenvalue weighted by Gasteiger charge is -2.16. The number of amides is 2. The fourth-order valence-electron chi connectivity index (χ4n) is 2.91. The van der Waals surface area contributed by atoms with Crippen molar-refractivity contribution < 1.29 is 9.59 Å². The van der Waals surface area contributed by atoms with E-state index in [4.69, 9.17) is 0 Å². The summed E-state index contributed by atoms with van der Waals surface area (Å²) in [7, 11) is 0. The van der Waals surface area contributed by atoms with Crippen molar-refractivity contribution in [1.29, 1.82) is 0 Å². The fraction of sp³-hybridized carbons (Fsp3) is 0.429. The maximum atomic E-state index is 12.7. The van der Waals surface area contributed by atoms with E-state index in [0.29, 0.717) is 12.1 Å². The van der Waals surface area contributed by atoms with Gasteiger partial charge in [0, 0.05) is 30.4 Å². The van der Waals surface area contributed by atoms with Crippen LogP contribution in [0.5, 0.6) is 0 Å². The van der Waals surface area contributed by atoms with Crippen LogP contribution < -0.4 is 10.6 Å².